The molecule has 0 aromatic heterocycles. The molecule has 17 unspecified atom stereocenters. The maximum Gasteiger partial charge on any atom is 0.220 e. The minimum Gasteiger partial charge on any atom is -0.394 e. The van der Waals surface area contributed by atoms with Gasteiger partial charge in [0.15, 0.2) is 18.9 Å². The van der Waals surface area contributed by atoms with Crippen LogP contribution < -0.4 is 5.32 Å². The Hall–Kier alpha value is -1.73. The Balaban J connectivity index is 1.24. The molecule has 0 radical (unpaired) electrons. The Morgan fingerprint density at radius 2 is 0.716 bits per heavy atom. The number of unbranched alkanes of at least 4 members (excludes halogenated alkanes) is 37. The summed E-state index contributed by atoms with van der Waals surface area (Å²) in [5.41, 5.74) is 0. The Morgan fingerprint density at radius 3 is 1.11 bits per heavy atom. The second kappa shape index (κ2) is 51.7. The molecule has 0 aliphatic carbocycles. The molecule has 88 heavy (non-hydrogen) atoms. The van der Waals surface area contributed by atoms with Crippen LogP contribution in [0.1, 0.15) is 277 Å². The van der Waals surface area contributed by atoms with Crippen LogP contribution in [0.5, 0.6) is 0 Å². The number of hydrogen-bond acceptors (Lipinski definition) is 18. The lowest BCUT2D eigenvalue weighted by atomic mass is 9.96. The molecule has 3 aliphatic heterocycles. The third-order valence-corrected chi connectivity index (χ3v) is 18.0. The highest BCUT2D eigenvalue weighted by Crippen LogP contribution is 2.33. The van der Waals surface area contributed by atoms with Crippen LogP contribution in [-0.2, 0) is 33.2 Å². The van der Waals surface area contributed by atoms with Gasteiger partial charge in [0.25, 0.3) is 0 Å². The molecule has 0 spiro atoms. The molecule has 3 heterocycles. The van der Waals surface area contributed by atoms with Gasteiger partial charge < -0.3 is 89.9 Å². The van der Waals surface area contributed by atoms with Crippen molar-refractivity contribution >= 4 is 5.91 Å². The van der Waals surface area contributed by atoms with Gasteiger partial charge in [-0.1, -0.05) is 250 Å². The highest BCUT2D eigenvalue weighted by molar-refractivity contribution is 5.76. The van der Waals surface area contributed by atoms with Gasteiger partial charge in [0.05, 0.1) is 38.6 Å². The van der Waals surface area contributed by atoms with E-state index in [1.807, 2.05) is 6.08 Å². The van der Waals surface area contributed by atoms with Gasteiger partial charge >= 0.3 is 0 Å². The van der Waals surface area contributed by atoms with E-state index in [9.17, 15) is 61.0 Å². The minimum atomic E-state index is -1.97. The van der Waals surface area contributed by atoms with E-state index >= 15 is 0 Å². The van der Waals surface area contributed by atoms with Crippen LogP contribution in [0.2, 0.25) is 0 Å². The van der Waals surface area contributed by atoms with Crippen molar-refractivity contribution in [1.82, 2.24) is 5.32 Å². The molecule has 19 nitrogen and oxygen atoms in total. The highest BCUT2D eigenvalue weighted by Gasteiger charge is 2.53. The van der Waals surface area contributed by atoms with Crippen LogP contribution in [0.15, 0.2) is 24.3 Å². The highest BCUT2D eigenvalue weighted by atomic mass is 16.8. The number of aliphatic hydroxyl groups excluding tert-OH is 11. The Bertz CT molecular complexity index is 1690. The Labute approximate surface area is 530 Å². The lowest BCUT2D eigenvalue weighted by Crippen LogP contribution is -2.66. The summed E-state index contributed by atoms with van der Waals surface area (Å²) in [6, 6.07) is -0.966. The van der Waals surface area contributed by atoms with E-state index in [1.165, 1.54) is 199 Å². The van der Waals surface area contributed by atoms with E-state index in [0.29, 0.717) is 6.42 Å². The monoisotopic (exact) mass is 1260 g/mol. The average Bonchev–Trinajstić information content (AvgIpc) is 2.46. The number of aliphatic hydroxyl groups is 11. The van der Waals surface area contributed by atoms with Gasteiger partial charge in [-0.15, -0.1) is 0 Å². The van der Waals surface area contributed by atoms with Crippen LogP contribution >= 0.6 is 0 Å². The second-order valence-electron chi connectivity index (χ2n) is 25.7. The summed E-state index contributed by atoms with van der Waals surface area (Å²) in [5.74, 6) is -0.277. The summed E-state index contributed by atoms with van der Waals surface area (Å²) < 4.78 is 34.2. The first-order valence-electron chi connectivity index (χ1n) is 35.6. The summed E-state index contributed by atoms with van der Waals surface area (Å²) in [6.07, 6.45) is 32.7. The molecule has 12 N–H and O–H groups in total. The molecule has 0 saturated carbocycles. The summed E-state index contributed by atoms with van der Waals surface area (Å²) >= 11 is 0. The van der Waals surface area contributed by atoms with Crippen LogP contribution in [-0.4, -0.2) is 193 Å². The van der Waals surface area contributed by atoms with Crippen LogP contribution in [0, 0.1) is 0 Å². The fourth-order valence-electron chi connectivity index (χ4n) is 12.2. The Morgan fingerprint density at radius 1 is 0.398 bits per heavy atom. The third-order valence-electron chi connectivity index (χ3n) is 18.0. The first-order chi connectivity index (χ1) is 42.8. The molecule has 0 aromatic rings. The van der Waals surface area contributed by atoms with E-state index in [1.54, 1.807) is 6.08 Å². The van der Waals surface area contributed by atoms with Gasteiger partial charge in [0.2, 0.25) is 5.91 Å². The van der Waals surface area contributed by atoms with Crippen LogP contribution in [0.3, 0.4) is 0 Å². The summed E-state index contributed by atoms with van der Waals surface area (Å²) in [6.45, 7) is 1.65. The third kappa shape index (κ3) is 33.4. The zero-order valence-corrected chi connectivity index (χ0v) is 54.7. The van der Waals surface area contributed by atoms with E-state index < -0.39 is 124 Å². The molecular formula is C69H129NO18. The van der Waals surface area contributed by atoms with E-state index in [0.717, 1.165) is 51.4 Å². The molecule has 1 amide bonds. The van der Waals surface area contributed by atoms with Crippen molar-refractivity contribution in [2.45, 2.75) is 381 Å². The molecule has 3 aliphatic rings. The zero-order valence-electron chi connectivity index (χ0n) is 54.7. The summed E-state index contributed by atoms with van der Waals surface area (Å²) in [5, 5.41) is 120. The smallest absolute Gasteiger partial charge is 0.220 e. The number of hydrogen-bond donors (Lipinski definition) is 12. The van der Waals surface area contributed by atoms with Crippen molar-refractivity contribution in [3.63, 3.8) is 0 Å². The first-order valence-corrected chi connectivity index (χ1v) is 35.6. The van der Waals surface area contributed by atoms with Crippen molar-refractivity contribution in [2.24, 2.45) is 0 Å². The maximum atomic E-state index is 13.3. The maximum absolute atomic E-state index is 13.3. The van der Waals surface area contributed by atoms with Gasteiger partial charge in [0, 0.05) is 6.42 Å². The van der Waals surface area contributed by atoms with Crippen molar-refractivity contribution in [1.29, 1.82) is 0 Å². The van der Waals surface area contributed by atoms with Crippen LogP contribution in [0.4, 0.5) is 0 Å². The molecule has 0 bridgehead atoms. The van der Waals surface area contributed by atoms with Crippen LogP contribution in [0.25, 0.3) is 0 Å². The molecule has 3 saturated heterocycles. The quantitative estimate of drug-likeness (QED) is 0.0199. The van der Waals surface area contributed by atoms with Crippen molar-refractivity contribution in [3.8, 4) is 0 Å². The normalized spacial score (nSPS) is 28.5. The van der Waals surface area contributed by atoms with Gasteiger partial charge in [0.1, 0.15) is 73.2 Å². The summed E-state index contributed by atoms with van der Waals surface area (Å²) in [7, 11) is 0. The predicted molar refractivity (Wildman–Crippen MR) is 342 cm³/mol. The molecule has 518 valence electrons. The van der Waals surface area contributed by atoms with E-state index in [4.69, 9.17) is 28.4 Å². The standard InChI is InChI=1S/C69H129NO18/c1-3-5-7-9-11-12-13-14-15-16-17-18-19-20-21-22-23-24-25-26-27-28-29-30-31-32-33-34-35-36-37-38-39-40-41-43-45-47-57(75)70-52(53(74)46-44-42-10-8-6-4-2)51-83-67-63(81)60(78)65(55(49-72)85-67)88-69-64(82)61(79)66(56(50-73)86-69)87-68-62(80)59(77)58(76)54(48-71)84-68/h16-17,44,46,52-56,58-69,71-74,76-82H,3-15,18-43,45,47-51H2,1-2H3,(H,70,75)/b17-16-,46-44+. The van der Waals surface area contributed by atoms with E-state index in [-0.39, 0.29) is 18.9 Å². The minimum absolute atomic E-state index is 0.247. The molecule has 0 aromatic carbocycles. The van der Waals surface area contributed by atoms with Crippen molar-refractivity contribution < 1.29 is 89.4 Å². The largest absolute Gasteiger partial charge is 0.394 e. The number of allylic oxidation sites excluding steroid dienone is 3. The lowest BCUT2D eigenvalue weighted by molar-refractivity contribution is -0.379. The fourth-order valence-corrected chi connectivity index (χ4v) is 12.2. The van der Waals surface area contributed by atoms with Gasteiger partial charge in [-0.05, 0) is 44.9 Å². The predicted octanol–water partition coefficient (Wildman–Crippen LogP) is 9.44. The average molecular weight is 1260 g/mol. The lowest BCUT2D eigenvalue weighted by Gasteiger charge is -2.48. The first kappa shape index (κ1) is 80.5. The Kier molecular flexibility index (Phi) is 47.3. The summed E-state index contributed by atoms with van der Waals surface area (Å²) in [4.78, 5) is 13.3. The topological polar surface area (TPSA) is 307 Å². The number of carbonyl (C=O) groups excluding carboxylic acids is 1. The van der Waals surface area contributed by atoms with E-state index in [2.05, 4.69) is 31.3 Å². The SMILES string of the molecule is CCCCCC/C=C/C(O)C(COC1OC(CO)C(OC2OC(CO)C(OC3OC(CO)C(O)C(O)C3O)C(O)C2O)C(O)C1O)NC(=O)CCCCCCCCCCCCCCCCCCCCCCCCCCC/C=C\CCCCCCCCCC. The number of ether oxygens (including phenoxy) is 6. The molecule has 3 rings (SSSR count). The van der Waals surface area contributed by atoms with Gasteiger partial charge in [-0.25, -0.2) is 0 Å². The number of nitrogens with one attached hydrogen (secondary N) is 1. The fraction of sp³-hybridized carbons (Fsp3) is 0.928. The molecular weight excluding hydrogens is 1130 g/mol. The number of carbonyl (C=O) groups is 1. The van der Waals surface area contributed by atoms with Crippen molar-refractivity contribution in [3.05, 3.63) is 24.3 Å². The number of rotatable bonds is 55. The molecule has 17 atom stereocenters. The molecule has 19 heteroatoms. The second-order valence-corrected chi connectivity index (χ2v) is 25.7. The molecule has 3 fully saturated rings. The van der Waals surface area contributed by atoms with Crippen molar-refractivity contribution in [2.75, 3.05) is 26.4 Å². The number of amides is 1. The zero-order chi connectivity index (χ0) is 64.0. The van der Waals surface area contributed by atoms with Gasteiger partial charge in [-0.3, -0.25) is 4.79 Å². The van der Waals surface area contributed by atoms with Gasteiger partial charge in [-0.2, -0.15) is 0 Å².